The molecule has 0 bridgehead atoms. The van der Waals surface area contributed by atoms with E-state index in [0.717, 1.165) is 28.5 Å². The highest BCUT2D eigenvalue weighted by atomic mass is 19.1. The Balaban J connectivity index is 1.52. The highest BCUT2D eigenvalue weighted by Gasteiger charge is 2.26. The molecule has 5 aromatic rings. The smallest absolute Gasteiger partial charge is 0.252 e. The number of H-pyrrole nitrogens is 1. The topological polar surface area (TPSA) is 79.7 Å². The van der Waals surface area contributed by atoms with Gasteiger partial charge in [0.1, 0.15) is 11.6 Å². The predicted octanol–water partition coefficient (Wildman–Crippen LogP) is 5.56. The lowest BCUT2D eigenvalue weighted by molar-refractivity contribution is 0.161. The van der Waals surface area contributed by atoms with E-state index in [1.807, 2.05) is 25.1 Å². The zero-order valence-corrected chi connectivity index (χ0v) is 21.9. The molecule has 0 spiro atoms. The Labute approximate surface area is 225 Å². The average Bonchev–Trinajstić information content (AvgIpc) is 3.39. The van der Waals surface area contributed by atoms with Crippen LogP contribution < -0.4 is 5.56 Å². The number of halogens is 2. The van der Waals surface area contributed by atoms with Gasteiger partial charge in [-0.3, -0.25) is 9.69 Å². The molecule has 0 aliphatic rings. The summed E-state index contributed by atoms with van der Waals surface area (Å²) in [6.45, 7) is 5.30. The number of hydrogen-bond acceptors (Lipinski definition) is 5. The number of aryl methyl sites for hydroxylation is 1. The van der Waals surface area contributed by atoms with Crippen molar-refractivity contribution in [1.29, 1.82) is 0 Å². The Kier molecular flexibility index (Phi) is 7.88. The van der Waals surface area contributed by atoms with Crippen molar-refractivity contribution in [1.82, 2.24) is 30.1 Å². The summed E-state index contributed by atoms with van der Waals surface area (Å²) in [6, 6.07) is 20.3. The molecule has 0 saturated carbocycles. The van der Waals surface area contributed by atoms with Crippen LogP contribution in [0.1, 0.15) is 54.4 Å². The van der Waals surface area contributed by atoms with E-state index in [1.165, 1.54) is 29.8 Å². The summed E-state index contributed by atoms with van der Waals surface area (Å²) >= 11 is 0. The molecule has 1 N–H and O–H groups in total. The van der Waals surface area contributed by atoms with Crippen LogP contribution in [-0.2, 0) is 26.1 Å². The fourth-order valence-corrected chi connectivity index (χ4v) is 4.89. The minimum Gasteiger partial charge on any atom is -0.322 e. The van der Waals surface area contributed by atoms with Crippen molar-refractivity contribution in [3.05, 3.63) is 123 Å². The summed E-state index contributed by atoms with van der Waals surface area (Å²) in [5.74, 6) is 0.0203. The van der Waals surface area contributed by atoms with Crippen molar-refractivity contribution < 1.29 is 8.78 Å². The second-order valence-electron chi connectivity index (χ2n) is 9.68. The van der Waals surface area contributed by atoms with Crippen LogP contribution in [0, 0.1) is 11.6 Å². The van der Waals surface area contributed by atoms with Gasteiger partial charge in [0.05, 0.1) is 12.6 Å². The molecular formula is C30H30F2N6O. The molecule has 1 unspecified atom stereocenters. The van der Waals surface area contributed by atoms with Crippen LogP contribution in [0.15, 0.2) is 77.6 Å². The maximum atomic E-state index is 13.7. The lowest BCUT2D eigenvalue weighted by Crippen LogP contribution is -2.32. The van der Waals surface area contributed by atoms with Crippen molar-refractivity contribution >= 4 is 10.9 Å². The molecule has 1 atom stereocenters. The van der Waals surface area contributed by atoms with Gasteiger partial charge in [-0.25, -0.2) is 13.5 Å². The maximum Gasteiger partial charge on any atom is 0.252 e. The van der Waals surface area contributed by atoms with Gasteiger partial charge in [-0.1, -0.05) is 44.2 Å². The number of nitrogens with zero attached hydrogens (tertiary/aromatic N) is 5. The van der Waals surface area contributed by atoms with Crippen molar-refractivity contribution in [2.45, 2.75) is 52.4 Å². The zero-order chi connectivity index (χ0) is 27.4. The van der Waals surface area contributed by atoms with E-state index in [9.17, 15) is 13.6 Å². The molecule has 3 aromatic carbocycles. The quantitative estimate of drug-likeness (QED) is 0.257. The van der Waals surface area contributed by atoms with Crippen LogP contribution in [0.2, 0.25) is 0 Å². The summed E-state index contributed by atoms with van der Waals surface area (Å²) in [6.07, 6.45) is 1.56. The lowest BCUT2D eigenvalue weighted by Gasteiger charge is -2.30. The van der Waals surface area contributed by atoms with E-state index in [0.29, 0.717) is 37.4 Å². The normalized spacial score (nSPS) is 12.3. The minimum atomic E-state index is -0.307. The average molecular weight is 529 g/mol. The van der Waals surface area contributed by atoms with Gasteiger partial charge in [-0.15, -0.1) is 5.10 Å². The molecule has 0 aliphatic heterocycles. The second-order valence-corrected chi connectivity index (χ2v) is 9.68. The summed E-state index contributed by atoms with van der Waals surface area (Å²) in [5, 5.41) is 13.5. The van der Waals surface area contributed by atoms with E-state index < -0.39 is 0 Å². The molecule has 0 fully saturated rings. The highest BCUT2D eigenvalue weighted by Crippen LogP contribution is 2.27. The van der Waals surface area contributed by atoms with Crippen molar-refractivity contribution in [2.24, 2.45) is 0 Å². The molecule has 0 aliphatic carbocycles. The van der Waals surface area contributed by atoms with Crippen LogP contribution in [0.5, 0.6) is 0 Å². The van der Waals surface area contributed by atoms with E-state index in [4.69, 9.17) is 0 Å². The van der Waals surface area contributed by atoms with E-state index in [2.05, 4.69) is 38.4 Å². The Morgan fingerprint density at radius 2 is 1.54 bits per heavy atom. The monoisotopic (exact) mass is 528 g/mol. The first-order valence-corrected chi connectivity index (χ1v) is 13.1. The van der Waals surface area contributed by atoms with Gasteiger partial charge in [0, 0.05) is 24.2 Å². The Bertz CT molecular complexity index is 1610. The summed E-state index contributed by atoms with van der Waals surface area (Å²) in [5.41, 5.74) is 4.21. The minimum absolute atomic E-state index is 0.156. The molecular weight excluding hydrogens is 498 g/mol. The van der Waals surface area contributed by atoms with Crippen LogP contribution >= 0.6 is 0 Å². The number of pyridine rings is 1. The third-order valence-electron chi connectivity index (χ3n) is 7.00. The molecule has 2 aromatic heterocycles. The highest BCUT2D eigenvalue weighted by molar-refractivity contribution is 5.79. The molecule has 200 valence electrons. The summed E-state index contributed by atoms with van der Waals surface area (Å²) < 4.78 is 28.8. The molecule has 0 radical (unpaired) electrons. The van der Waals surface area contributed by atoms with Gasteiger partial charge in [0.15, 0.2) is 5.82 Å². The summed E-state index contributed by atoms with van der Waals surface area (Å²) in [4.78, 5) is 18.3. The Morgan fingerprint density at radius 3 is 2.21 bits per heavy atom. The van der Waals surface area contributed by atoms with Crippen LogP contribution in [0.4, 0.5) is 8.78 Å². The molecule has 5 rings (SSSR count). The van der Waals surface area contributed by atoms with Gasteiger partial charge in [-0.05, 0) is 87.8 Å². The Morgan fingerprint density at radius 1 is 0.872 bits per heavy atom. The van der Waals surface area contributed by atoms with E-state index in [1.54, 1.807) is 28.9 Å². The number of fused-ring (bicyclic) bond motifs is 1. The third-order valence-corrected chi connectivity index (χ3v) is 7.00. The first-order valence-electron chi connectivity index (χ1n) is 13.1. The molecule has 2 heterocycles. The Hall–Kier alpha value is -4.24. The van der Waals surface area contributed by atoms with Gasteiger partial charge in [0.2, 0.25) is 0 Å². The predicted molar refractivity (Wildman–Crippen MR) is 146 cm³/mol. The number of rotatable bonds is 10. The first-order chi connectivity index (χ1) is 18.9. The van der Waals surface area contributed by atoms with Crippen molar-refractivity contribution in [2.75, 3.05) is 0 Å². The number of aromatic nitrogens is 5. The fourth-order valence-electron chi connectivity index (χ4n) is 4.89. The largest absolute Gasteiger partial charge is 0.322 e. The number of aromatic amines is 1. The number of nitrogens with one attached hydrogen (secondary N) is 1. The number of tetrazole rings is 1. The van der Waals surface area contributed by atoms with Crippen LogP contribution in [0.3, 0.4) is 0 Å². The van der Waals surface area contributed by atoms with Crippen molar-refractivity contribution in [3.8, 4) is 0 Å². The van der Waals surface area contributed by atoms with Gasteiger partial charge < -0.3 is 4.98 Å². The van der Waals surface area contributed by atoms with E-state index in [-0.39, 0.29) is 23.2 Å². The van der Waals surface area contributed by atoms with Gasteiger partial charge in [0.25, 0.3) is 5.56 Å². The van der Waals surface area contributed by atoms with Gasteiger partial charge in [-0.2, -0.15) is 0 Å². The molecule has 0 amide bonds. The number of hydrogen-bond donors (Lipinski definition) is 1. The third kappa shape index (κ3) is 6.09. The fraction of sp³-hybridized carbons (Fsp3) is 0.267. The summed E-state index contributed by atoms with van der Waals surface area (Å²) in [7, 11) is 0. The first kappa shape index (κ1) is 26.4. The SMILES string of the molecule is CCc1ccc2[nH]c(=O)c(CN(Cc3ccc(F)cc3)C(CC)c3nnnn3Cc3ccc(F)cc3)cc2c1. The molecule has 0 saturated heterocycles. The van der Waals surface area contributed by atoms with Crippen molar-refractivity contribution in [3.63, 3.8) is 0 Å². The van der Waals surface area contributed by atoms with Crippen LogP contribution in [-0.4, -0.2) is 30.1 Å². The van der Waals surface area contributed by atoms with E-state index >= 15 is 0 Å². The van der Waals surface area contributed by atoms with Crippen LogP contribution in [0.25, 0.3) is 10.9 Å². The van der Waals surface area contributed by atoms with Gasteiger partial charge >= 0.3 is 0 Å². The number of benzene rings is 3. The molecule has 39 heavy (non-hydrogen) atoms. The molecule has 9 heteroatoms. The standard InChI is InChI=1S/C30H30F2N6O/c1-3-20-9-14-27-23(15-20)16-24(30(39)33-27)19-37(17-21-5-10-25(31)11-6-21)28(4-2)29-34-35-36-38(29)18-22-7-12-26(32)13-8-22/h5-16,28H,3-4,17-19H2,1-2H3,(H,33,39). The molecule has 7 nitrogen and oxygen atoms in total. The maximum absolute atomic E-state index is 13.7. The second kappa shape index (κ2) is 11.7. The zero-order valence-electron chi connectivity index (χ0n) is 21.9. The lowest BCUT2D eigenvalue weighted by atomic mass is 10.1.